The van der Waals surface area contributed by atoms with Gasteiger partial charge in [0.2, 0.25) is 0 Å². The van der Waals surface area contributed by atoms with Gasteiger partial charge in [-0.3, -0.25) is 4.79 Å². The van der Waals surface area contributed by atoms with Crippen LogP contribution in [0.3, 0.4) is 0 Å². The number of aromatic nitrogens is 1. The number of nitrogens with one attached hydrogen (secondary N) is 2. The van der Waals surface area contributed by atoms with Gasteiger partial charge in [-0.05, 0) is 36.4 Å². The minimum absolute atomic E-state index is 0.177. The average molecular weight is 257 g/mol. The lowest BCUT2D eigenvalue weighted by Gasteiger charge is -2.10. The number of hydrogen-bond donors (Lipinski definition) is 2. The van der Waals surface area contributed by atoms with E-state index in [1.54, 1.807) is 32.5 Å². The van der Waals surface area contributed by atoms with Gasteiger partial charge in [-0.15, -0.1) is 0 Å². The summed E-state index contributed by atoms with van der Waals surface area (Å²) in [6, 6.07) is 10.8. The predicted octanol–water partition coefficient (Wildman–Crippen LogP) is 2.19. The Kier molecular flexibility index (Phi) is 3.97. The highest BCUT2D eigenvalue weighted by atomic mass is 16.5. The lowest BCUT2D eigenvalue weighted by molar-refractivity contribution is 0.0963. The molecule has 2 rings (SSSR count). The molecule has 0 saturated carbocycles. The summed E-state index contributed by atoms with van der Waals surface area (Å²) in [5.74, 6) is 1.12. The van der Waals surface area contributed by atoms with Gasteiger partial charge in [0, 0.05) is 18.9 Å². The van der Waals surface area contributed by atoms with Crippen LogP contribution in [0.1, 0.15) is 10.4 Å². The van der Waals surface area contributed by atoms with E-state index in [1.807, 2.05) is 24.3 Å². The molecule has 0 aliphatic carbocycles. The van der Waals surface area contributed by atoms with Crippen molar-refractivity contribution in [3.8, 4) is 5.75 Å². The number of carbonyl (C=O) groups is 1. The number of ether oxygens (including phenoxy) is 1. The highest BCUT2D eigenvalue weighted by Gasteiger charge is 2.10. The second kappa shape index (κ2) is 5.86. The standard InChI is InChI=1S/C14H15N3O2/c1-15-14(18)12-4-3-9-16-13(12)17-10-5-7-11(19-2)8-6-10/h3-9H,1-2H3,(H,15,18)(H,16,17). The number of pyridine rings is 1. The van der Waals surface area contributed by atoms with Gasteiger partial charge in [-0.25, -0.2) is 4.98 Å². The minimum atomic E-state index is -0.177. The van der Waals surface area contributed by atoms with Crippen LogP contribution in [0.4, 0.5) is 11.5 Å². The molecule has 2 N–H and O–H groups in total. The van der Waals surface area contributed by atoms with E-state index in [4.69, 9.17) is 4.74 Å². The summed E-state index contributed by atoms with van der Waals surface area (Å²) < 4.78 is 5.09. The maximum atomic E-state index is 11.7. The summed E-state index contributed by atoms with van der Waals surface area (Å²) in [4.78, 5) is 15.9. The van der Waals surface area contributed by atoms with Gasteiger partial charge >= 0.3 is 0 Å². The second-order valence-corrected chi connectivity index (χ2v) is 3.83. The first kappa shape index (κ1) is 12.9. The van der Waals surface area contributed by atoms with Crippen LogP contribution < -0.4 is 15.4 Å². The van der Waals surface area contributed by atoms with E-state index >= 15 is 0 Å². The maximum absolute atomic E-state index is 11.7. The van der Waals surface area contributed by atoms with Crippen molar-refractivity contribution in [2.45, 2.75) is 0 Å². The average Bonchev–Trinajstić information content (AvgIpc) is 2.48. The van der Waals surface area contributed by atoms with E-state index in [1.165, 1.54) is 0 Å². The van der Waals surface area contributed by atoms with E-state index in [2.05, 4.69) is 15.6 Å². The summed E-state index contributed by atoms with van der Waals surface area (Å²) in [7, 11) is 3.21. The van der Waals surface area contributed by atoms with Crippen molar-refractivity contribution in [2.75, 3.05) is 19.5 Å². The first-order valence-electron chi connectivity index (χ1n) is 5.83. The van der Waals surface area contributed by atoms with Crippen molar-refractivity contribution in [1.29, 1.82) is 0 Å². The monoisotopic (exact) mass is 257 g/mol. The van der Waals surface area contributed by atoms with E-state index in [0.29, 0.717) is 11.4 Å². The molecule has 0 fully saturated rings. The van der Waals surface area contributed by atoms with Crippen LogP contribution in [0.2, 0.25) is 0 Å². The Morgan fingerprint density at radius 1 is 1.21 bits per heavy atom. The van der Waals surface area contributed by atoms with Crippen LogP contribution in [0.5, 0.6) is 5.75 Å². The van der Waals surface area contributed by atoms with Crippen molar-refractivity contribution in [3.63, 3.8) is 0 Å². The highest BCUT2D eigenvalue weighted by Crippen LogP contribution is 2.20. The van der Waals surface area contributed by atoms with Crippen LogP contribution in [0, 0.1) is 0 Å². The van der Waals surface area contributed by atoms with Crippen molar-refractivity contribution in [3.05, 3.63) is 48.2 Å². The van der Waals surface area contributed by atoms with Crippen LogP contribution in [0.15, 0.2) is 42.6 Å². The largest absolute Gasteiger partial charge is 0.497 e. The van der Waals surface area contributed by atoms with E-state index in [-0.39, 0.29) is 5.91 Å². The zero-order valence-electron chi connectivity index (χ0n) is 10.8. The topological polar surface area (TPSA) is 63.2 Å². The van der Waals surface area contributed by atoms with Crippen LogP contribution in [0.25, 0.3) is 0 Å². The Hall–Kier alpha value is -2.56. The van der Waals surface area contributed by atoms with Crippen molar-refractivity contribution in [2.24, 2.45) is 0 Å². The number of methoxy groups -OCH3 is 1. The fourth-order valence-corrected chi connectivity index (χ4v) is 1.63. The van der Waals surface area contributed by atoms with Crippen molar-refractivity contribution >= 4 is 17.4 Å². The third-order valence-corrected chi connectivity index (χ3v) is 2.63. The number of benzene rings is 1. The molecule has 0 saturated heterocycles. The molecule has 0 aliphatic heterocycles. The Morgan fingerprint density at radius 3 is 2.58 bits per heavy atom. The molecular weight excluding hydrogens is 242 g/mol. The molecule has 0 aliphatic rings. The molecule has 0 bridgehead atoms. The van der Waals surface area contributed by atoms with Crippen molar-refractivity contribution in [1.82, 2.24) is 10.3 Å². The van der Waals surface area contributed by atoms with Crippen LogP contribution in [-0.2, 0) is 0 Å². The molecule has 2 aromatic rings. The van der Waals surface area contributed by atoms with Gasteiger partial charge in [0.05, 0.1) is 12.7 Å². The Bertz CT molecular complexity index is 567. The lowest BCUT2D eigenvalue weighted by atomic mass is 10.2. The number of anilines is 2. The van der Waals surface area contributed by atoms with Gasteiger partial charge in [-0.2, -0.15) is 0 Å². The lowest BCUT2D eigenvalue weighted by Crippen LogP contribution is -2.19. The van der Waals surface area contributed by atoms with Crippen molar-refractivity contribution < 1.29 is 9.53 Å². The van der Waals surface area contributed by atoms with Gasteiger partial charge in [-0.1, -0.05) is 0 Å². The number of amides is 1. The van der Waals surface area contributed by atoms with Crippen LogP contribution >= 0.6 is 0 Å². The summed E-state index contributed by atoms with van der Waals surface area (Å²) in [6.07, 6.45) is 1.64. The van der Waals surface area contributed by atoms with Crippen LogP contribution in [-0.4, -0.2) is 25.0 Å². The fraction of sp³-hybridized carbons (Fsp3) is 0.143. The van der Waals surface area contributed by atoms with Gasteiger partial charge < -0.3 is 15.4 Å². The first-order valence-corrected chi connectivity index (χ1v) is 5.83. The Morgan fingerprint density at radius 2 is 1.95 bits per heavy atom. The zero-order chi connectivity index (χ0) is 13.7. The molecule has 1 heterocycles. The minimum Gasteiger partial charge on any atom is -0.497 e. The van der Waals surface area contributed by atoms with Gasteiger partial charge in [0.25, 0.3) is 5.91 Å². The van der Waals surface area contributed by atoms with Gasteiger partial charge in [0.15, 0.2) is 0 Å². The zero-order valence-corrected chi connectivity index (χ0v) is 10.8. The highest BCUT2D eigenvalue weighted by molar-refractivity contribution is 5.99. The molecule has 0 spiro atoms. The summed E-state index contributed by atoms with van der Waals surface area (Å²) >= 11 is 0. The molecule has 5 nitrogen and oxygen atoms in total. The number of carbonyl (C=O) groups excluding carboxylic acids is 1. The molecule has 5 heteroatoms. The molecule has 1 aromatic heterocycles. The van der Waals surface area contributed by atoms with E-state index < -0.39 is 0 Å². The Labute approximate surface area is 111 Å². The number of rotatable bonds is 4. The fourth-order valence-electron chi connectivity index (χ4n) is 1.63. The summed E-state index contributed by atoms with van der Waals surface area (Å²) in [5.41, 5.74) is 1.34. The van der Waals surface area contributed by atoms with E-state index in [9.17, 15) is 4.79 Å². The molecule has 0 radical (unpaired) electrons. The third-order valence-electron chi connectivity index (χ3n) is 2.63. The smallest absolute Gasteiger partial charge is 0.254 e. The van der Waals surface area contributed by atoms with E-state index in [0.717, 1.165) is 11.4 Å². The SMILES string of the molecule is CNC(=O)c1cccnc1Nc1ccc(OC)cc1. The third kappa shape index (κ3) is 3.01. The molecule has 0 atom stereocenters. The molecule has 0 unspecified atom stereocenters. The summed E-state index contributed by atoms with van der Waals surface area (Å²) in [6.45, 7) is 0. The molecule has 1 amide bonds. The quantitative estimate of drug-likeness (QED) is 0.881. The maximum Gasteiger partial charge on any atom is 0.254 e. The first-order chi connectivity index (χ1) is 9.24. The molecule has 19 heavy (non-hydrogen) atoms. The molecule has 98 valence electrons. The molecular formula is C14H15N3O2. The van der Waals surface area contributed by atoms with Gasteiger partial charge in [0.1, 0.15) is 11.6 Å². The molecule has 1 aromatic carbocycles. The second-order valence-electron chi connectivity index (χ2n) is 3.83. The number of hydrogen-bond acceptors (Lipinski definition) is 4. The number of nitrogens with zero attached hydrogens (tertiary/aromatic N) is 1. The normalized spacial score (nSPS) is 9.79. The summed E-state index contributed by atoms with van der Waals surface area (Å²) in [5, 5.41) is 5.70. The Balaban J connectivity index is 2.25. The predicted molar refractivity (Wildman–Crippen MR) is 73.9 cm³/mol.